The molecule has 0 fully saturated rings. The monoisotopic (exact) mass is 396 g/mol. The van der Waals surface area contributed by atoms with Crippen molar-refractivity contribution in [1.29, 1.82) is 0 Å². The Morgan fingerprint density at radius 2 is 1.86 bits per heavy atom. The van der Waals surface area contributed by atoms with Crippen LogP contribution in [0.15, 0.2) is 30.6 Å². The summed E-state index contributed by atoms with van der Waals surface area (Å²) in [4.78, 5) is 44.0. The van der Waals surface area contributed by atoms with E-state index in [-0.39, 0.29) is 12.3 Å². The Bertz CT molecular complexity index is 1070. The standard InChI is InChI=1S/C19H20N6O4/c1-11-15(12(2)25-19(23-11)21-10-22-25)8-17(27)29-9-16(26)24-14-6-4-13(5-7-14)18(28)20-3/h4-7,10H,8-9H2,1-3H3,(H,20,28)(H,24,26). The van der Waals surface area contributed by atoms with Crippen molar-refractivity contribution in [3.63, 3.8) is 0 Å². The molecule has 0 bridgehead atoms. The summed E-state index contributed by atoms with van der Waals surface area (Å²) in [6, 6.07) is 6.35. The first-order valence-corrected chi connectivity index (χ1v) is 8.82. The number of aromatic nitrogens is 4. The van der Waals surface area contributed by atoms with Crippen LogP contribution >= 0.6 is 0 Å². The molecule has 2 aromatic heterocycles. The first-order valence-electron chi connectivity index (χ1n) is 8.82. The molecule has 2 heterocycles. The highest BCUT2D eigenvalue weighted by Gasteiger charge is 2.16. The first-order chi connectivity index (χ1) is 13.9. The molecule has 10 heteroatoms. The molecule has 29 heavy (non-hydrogen) atoms. The maximum atomic E-state index is 12.2. The van der Waals surface area contributed by atoms with Crippen LogP contribution in [-0.2, 0) is 20.7 Å². The Labute approximate surface area is 166 Å². The number of ether oxygens (including phenoxy) is 1. The molecule has 0 unspecified atom stereocenters. The number of hydrogen-bond donors (Lipinski definition) is 2. The molecule has 1 aromatic carbocycles. The summed E-state index contributed by atoms with van der Waals surface area (Å²) in [5.74, 6) is -0.799. The summed E-state index contributed by atoms with van der Waals surface area (Å²) in [5, 5.41) is 9.19. The molecule has 0 aliphatic rings. The maximum Gasteiger partial charge on any atom is 0.310 e. The molecular weight excluding hydrogens is 376 g/mol. The number of carbonyl (C=O) groups is 3. The third-order valence-corrected chi connectivity index (χ3v) is 4.33. The lowest BCUT2D eigenvalue weighted by Crippen LogP contribution is -2.22. The van der Waals surface area contributed by atoms with E-state index in [2.05, 4.69) is 25.7 Å². The minimum atomic E-state index is -0.553. The van der Waals surface area contributed by atoms with E-state index in [1.807, 2.05) is 6.92 Å². The number of nitrogens with zero attached hydrogens (tertiary/aromatic N) is 4. The average Bonchev–Trinajstić information content (AvgIpc) is 3.18. The molecule has 3 rings (SSSR count). The molecule has 10 nitrogen and oxygen atoms in total. The fraction of sp³-hybridized carbons (Fsp3) is 0.263. The zero-order valence-electron chi connectivity index (χ0n) is 16.2. The van der Waals surface area contributed by atoms with Gasteiger partial charge < -0.3 is 15.4 Å². The van der Waals surface area contributed by atoms with Crippen LogP contribution in [0.25, 0.3) is 5.78 Å². The van der Waals surface area contributed by atoms with Crippen LogP contribution < -0.4 is 10.6 Å². The molecule has 2 amide bonds. The summed E-state index contributed by atoms with van der Waals surface area (Å²) >= 11 is 0. The largest absolute Gasteiger partial charge is 0.455 e. The van der Waals surface area contributed by atoms with Gasteiger partial charge in [-0.3, -0.25) is 14.4 Å². The van der Waals surface area contributed by atoms with Gasteiger partial charge in [0, 0.05) is 35.2 Å². The Hall–Kier alpha value is -3.82. The van der Waals surface area contributed by atoms with Crippen molar-refractivity contribution in [3.8, 4) is 0 Å². The number of amides is 2. The molecule has 2 N–H and O–H groups in total. The number of aryl methyl sites for hydroxylation is 2. The van der Waals surface area contributed by atoms with Crippen LogP contribution in [0.5, 0.6) is 0 Å². The topological polar surface area (TPSA) is 128 Å². The van der Waals surface area contributed by atoms with Gasteiger partial charge in [-0.15, -0.1) is 0 Å². The quantitative estimate of drug-likeness (QED) is 0.591. The molecule has 0 saturated carbocycles. The van der Waals surface area contributed by atoms with Gasteiger partial charge in [0.05, 0.1) is 6.42 Å². The van der Waals surface area contributed by atoms with Crippen molar-refractivity contribution in [2.75, 3.05) is 19.0 Å². The lowest BCUT2D eigenvalue weighted by Gasteiger charge is -2.10. The fourth-order valence-corrected chi connectivity index (χ4v) is 2.80. The highest BCUT2D eigenvalue weighted by Crippen LogP contribution is 2.14. The minimum absolute atomic E-state index is 0.0332. The Morgan fingerprint density at radius 1 is 1.14 bits per heavy atom. The minimum Gasteiger partial charge on any atom is -0.455 e. The van der Waals surface area contributed by atoms with E-state index in [0.717, 1.165) is 5.69 Å². The van der Waals surface area contributed by atoms with Crippen molar-refractivity contribution in [2.45, 2.75) is 20.3 Å². The lowest BCUT2D eigenvalue weighted by molar-refractivity contribution is -0.146. The van der Waals surface area contributed by atoms with Gasteiger partial charge >= 0.3 is 5.97 Å². The Balaban J connectivity index is 1.55. The van der Waals surface area contributed by atoms with E-state index < -0.39 is 18.5 Å². The van der Waals surface area contributed by atoms with Crippen LogP contribution in [0, 0.1) is 13.8 Å². The van der Waals surface area contributed by atoms with Gasteiger partial charge in [0.15, 0.2) is 6.61 Å². The van der Waals surface area contributed by atoms with Crippen LogP contribution in [0.4, 0.5) is 5.69 Å². The van der Waals surface area contributed by atoms with Gasteiger partial charge in [0.1, 0.15) is 6.33 Å². The Morgan fingerprint density at radius 3 is 2.55 bits per heavy atom. The van der Waals surface area contributed by atoms with Gasteiger partial charge in [0.25, 0.3) is 17.6 Å². The highest BCUT2D eigenvalue weighted by molar-refractivity contribution is 5.96. The SMILES string of the molecule is CNC(=O)c1ccc(NC(=O)COC(=O)Cc2c(C)nc3ncnn3c2C)cc1. The Kier molecular flexibility index (Phi) is 5.82. The molecule has 3 aromatic rings. The molecule has 0 spiro atoms. The number of anilines is 1. The molecule has 0 saturated heterocycles. The third kappa shape index (κ3) is 4.54. The molecular formula is C19H20N6O4. The number of esters is 1. The van der Waals surface area contributed by atoms with Gasteiger partial charge in [-0.25, -0.2) is 9.50 Å². The molecule has 0 aliphatic carbocycles. The van der Waals surface area contributed by atoms with Gasteiger partial charge in [-0.05, 0) is 38.1 Å². The summed E-state index contributed by atoms with van der Waals surface area (Å²) in [7, 11) is 1.54. The number of fused-ring (bicyclic) bond motifs is 1. The number of rotatable bonds is 6. The lowest BCUT2D eigenvalue weighted by atomic mass is 10.1. The van der Waals surface area contributed by atoms with Crippen molar-refractivity contribution < 1.29 is 19.1 Å². The third-order valence-electron chi connectivity index (χ3n) is 4.33. The van der Waals surface area contributed by atoms with E-state index >= 15 is 0 Å². The van der Waals surface area contributed by atoms with Crippen molar-refractivity contribution in [2.24, 2.45) is 0 Å². The summed E-state index contributed by atoms with van der Waals surface area (Å²) in [6.07, 6.45) is 1.36. The van der Waals surface area contributed by atoms with Gasteiger partial charge in [0.2, 0.25) is 0 Å². The normalized spacial score (nSPS) is 10.6. The van der Waals surface area contributed by atoms with Crippen molar-refractivity contribution in [3.05, 3.63) is 53.1 Å². The fourth-order valence-electron chi connectivity index (χ4n) is 2.80. The predicted octanol–water partition coefficient (Wildman–Crippen LogP) is 0.825. The van der Waals surface area contributed by atoms with Crippen molar-refractivity contribution >= 4 is 29.2 Å². The second kappa shape index (κ2) is 8.46. The number of hydrogen-bond acceptors (Lipinski definition) is 7. The van der Waals surface area contributed by atoms with E-state index in [1.165, 1.54) is 13.4 Å². The number of carbonyl (C=O) groups excluding carboxylic acids is 3. The summed E-state index contributed by atoms with van der Waals surface area (Å²) in [5.41, 5.74) is 3.04. The second-order valence-corrected chi connectivity index (χ2v) is 6.28. The smallest absolute Gasteiger partial charge is 0.310 e. The zero-order valence-corrected chi connectivity index (χ0v) is 16.2. The molecule has 0 atom stereocenters. The predicted molar refractivity (Wildman–Crippen MR) is 103 cm³/mol. The first kappa shape index (κ1) is 19.9. The van der Waals surface area contributed by atoms with E-state index in [1.54, 1.807) is 35.7 Å². The van der Waals surface area contributed by atoms with Gasteiger partial charge in [-0.2, -0.15) is 10.1 Å². The highest BCUT2D eigenvalue weighted by atomic mass is 16.5. The van der Waals surface area contributed by atoms with E-state index in [4.69, 9.17) is 4.74 Å². The van der Waals surface area contributed by atoms with Gasteiger partial charge in [-0.1, -0.05) is 0 Å². The van der Waals surface area contributed by atoms with Crippen LogP contribution in [-0.4, -0.2) is 51.0 Å². The number of benzene rings is 1. The van der Waals surface area contributed by atoms with Crippen molar-refractivity contribution in [1.82, 2.24) is 24.9 Å². The van der Waals surface area contributed by atoms with E-state index in [9.17, 15) is 14.4 Å². The number of nitrogens with one attached hydrogen (secondary N) is 2. The molecule has 0 aliphatic heterocycles. The maximum absolute atomic E-state index is 12.2. The second-order valence-electron chi connectivity index (χ2n) is 6.28. The average molecular weight is 396 g/mol. The van der Waals surface area contributed by atoms with Crippen LogP contribution in [0.1, 0.15) is 27.3 Å². The van der Waals surface area contributed by atoms with Crippen LogP contribution in [0.2, 0.25) is 0 Å². The summed E-state index contributed by atoms with van der Waals surface area (Å²) < 4.78 is 6.62. The zero-order chi connectivity index (χ0) is 21.0. The van der Waals surface area contributed by atoms with Crippen LogP contribution in [0.3, 0.4) is 0 Å². The molecule has 0 radical (unpaired) electrons. The van der Waals surface area contributed by atoms with E-state index in [0.29, 0.717) is 28.3 Å². The molecule has 150 valence electrons. The summed E-state index contributed by atoms with van der Waals surface area (Å²) in [6.45, 7) is 3.17.